The van der Waals surface area contributed by atoms with E-state index in [9.17, 15) is 8.42 Å². The Kier molecular flexibility index (Phi) is 6.93. The van der Waals surface area contributed by atoms with Crippen LogP contribution in [0, 0.1) is 19.3 Å². The largest absolute Gasteiger partial charge is 0.470 e. The Bertz CT molecular complexity index is 1590. The molecule has 4 aliphatic rings. The third-order valence-electron chi connectivity index (χ3n) is 10.1. The fraction of sp³-hybridized carbons (Fsp3) is 0.515. The van der Waals surface area contributed by atoms with Crippen molar-refractivity contribution in [3.63, 3.8) is 0 Å². The van der Waals surface area contributed by atoms with E-state index in [2.05, 4.69) is 47.8 Å². The van der Waals surface area contributed by atoms with Crippen molar-refractivity contribution in [3.05, 3.63) is 59.2 Å². The summed E-state index contributed by atoms with van der Waals surface area (Å²) in [6.07, 6.45) is 9.93. The number of hydrogen-bond acceptors (Lipinski definition) is 7. The number of nitrogens with zero attached hydrogens (tertiary/aromatic N) is 3. The lowest BCUT2D eigenvalue weighted by atomic mass is 9.58. The van der Waals surface area contributed by atoms with E-state index >= 15 is 0 Å². The summed E-state index contributed by atoms with van der Waals surface area (Å²) in [6, 6.07) is 13.7. The number of aromatic nitrogens is 2. The Morgan fingerprint density at radius 3 is 2.48 bits per heavy atom. The minimum absolute atomic E-state index is 0.00925. The molecule has 1 aromatic heterocycles. The molecule has 0 amide bonds. The van der Waals surface area contributed by atoms with Gasteiger partial charge in [0.1, 0.15) is 6.10 Å². The highest BCUT2D eigenvalue weighted by molar-refractivity contribution is 7.92. The van der Waals surface area contributed by atoms with Crippen molar-refractivity contribution in [2.75, 3.05) is 23.1 Å². The topological polar surface area (TPSA) is 96.5 Å². The van der Waals surface area contributed by atoms with Gasteiger partial charge >= 0.3 is 0 Å². The lowest BCUT2D eigenvalue weighted by molar-refractivity contribution is -0.0194. The van der Waals surface area contributed by atoms with Crippen LogP contribution in [-0.2, 0) is 16.4 Å². The standard InChI is InChI=1S/C33H41N5O3S/c1-4-26-30(29-21(2)10-8-11-22(29)3)35-32-36-31(26)41-28-20-38(24-17-33(18-24)14-6-5-7-15-33)19-27(28)34-23-12-9-13-25(16-23)42(39,40)37-32/h8-13,16,24,27-28,34H,4-7,14-15,17-20H2,1-3H3,(H,35,36,37)/t27-,28-/m1/s1. The van der Waals surface area contributed by atoms with E-state index in [0.717, 1.165) is 46.7 Å². The van der Waals surface area contributed by atoms with Crippen LogP contribution in [0.2, 0.25) is 0 Å². The molecule has 2 aliphatic carbocycles. The van der Waals surface area contributed by atoms with E-state index in [4.69, 9.17) is 14.7 Å². The van der Waals surface area contributed by atoms with E-state index < -0.39 is 10.0 Å². The molecule has 3 heterocycles. The van der Waals surface area contributed by atoms with Gasteiger partial charge in [-0.25, -0.2) is 18.1 Å². The number of nitrogens with one attached hydrogen (secondary N) is 2. The summed E-state index contributed by atoms with van der Waals surface area (Å²) in [6.45, 7) is 7.86. The van der Waals surface area contributed by atoms with E-state index in [1.807, 2.05) is 12.1 Å². The molecule has 3 fully saturated rings. The summed E-state index contributed by atoms with van der Waals surface area (Å²) >= 11 is 0. The number of sulfonamides is 1. The quantitative estimate of drug-likeness (QED) is 0.383. The van der Waals surface area contributed by atoms with Crippen molar-refractivity contribution < 1.29 is 13.2 Å². The van der Waals surface area contributed by atoms with Crippen LogP contribution in [0.5, 0.6) is 5.88 Å². The molecule has 4 bridgehead atoms. The second-order valence-electron chi connectivity index (χ2n) is 12.9. The Hall–Kier alpha value is -3.17. The number of hydrogen-bond donors (Lipinski definition) is 2. The maximum absolute atomic E-state index is 13.5. The molecular weight excluding hydrogens is 546 g/mol. The molecule has 9 heteroatoms. The predicted octanol–water partition coefficient (Wildman–Crippen LogP) is 6.09. The van der Waals surface area contributed by atoms with Gasteiger partial charge in [0, 0.05) is 35.9 Å². The van der Waals surface area contributed by atoms with Gasteiger partial charge < -0.3 is 10.1 Å². The number of fused-ring (bicyclic) bond motifs is 5. The molecule has 1 saturated heterocycles. The van der Waals surface area contributed by atoms with Crippen LogP contribution in [0.4, 0.5) is 11.6 Å². The van der Waals surface area contributed by atoms with Gasteiger partial charge in [-0.1, -0.05) is 50.5 Å². The number of rotatable bonds is 3. The summed E-state index contributed by atoms with van der Waals surface area (Å²) in [5, 5.41) is 3.65. The summed E-state index contributed by atoms with van der Waals surface area (Å²) in [7, 11) is -3.92. The lowest BCUT2D eigenvalue weighted by Crippen LogP contribution is -2.51. The first-order valence-corrected chi connectivity index (χ1v) is 17.0. The summed E-state index contributed by atoms with van der Waals surface area (Å²) in [5.74, 6) is 0.492. The molecule has 7 rings (SSSR count). The zero-order valence-electron chi connectivity index (χ0n) is 24.8. The number of likely N-dealkylation sites (tertiary alicyclic amines) is 1. The number of anilines is 2. The van der Waals surface area contributed by atoms with Crippen molar-refractivity contribution in [2.45, 2.75) is 95.2 Å². The molecule has 1 spiro atoms. The normalized spacial score (nSPS) is 26.0. The van der Waals surface area contributed by atoms with Gasteiger partial charge in [-0.2, -0.15) is 4.98 Å². The van der Waals surface area contributed by atoms with Crippen molar-refractivity contribution in [3.8, 4) is 17.1 Å². The summed E-state index contributed by atoms with van der Waals surface area (Å²) in [5.41, 5.74) is 6.08. The van der Waals surface area contributed by atoms with Crippen LogP contribution in [0.1, 0.15) is 68.6 Å². The average molecular weight is 588 g/mol. The molecule has 42 heavy (non-hydrogen) atoms. The first-order chi connectivity index (χ1) is 20.2. The van der Waals surface area contributed by atoms with Gasteiger partial charge in [-0.3, -0.25) is 4.90 Å². The Morgan fingerprint density at radius 1 is 1.00 bits per heavy atom. The van der Waals surface area contributed by atoms with E-state index in [1.54, 1.807) is 18.2 Å². The third-order valence-corrected chi connectivity index (χ3v) is 11.4. The molecule has 2 saturated carbocycles. The molecule has 2 aromatic carbocycles. The van der Waals surface area contributed by atoms with Gasteiger partial charge in [0.25, 0.3) is 10.0 Å². The van der Waals surface area contributed by atoms with Crippen molar-refractivity contribution >= 4 is 21.7 Å². The monoisotopic (exact) mass is 587 g/mol. The van der Waals surface area contributed by atoms with Crippen LogP contribution in [0.25, 0.3) is 11.3 Å². The van der Waals surface area contributed by atoms with Gasteiger partial charge in [0.05, 0.1) is 16.6 Å². The lowest BCUT2D eigenvalue weighted by Gasteiger charge is -2.53. The first-order valence-electron chi connectivity index (χ1n) is 15.5. The molecule has 2 atom stereocenters. The fourth-order valence-electron chi connectivity index (χ4n) is 7.88. The highest BCUT2D eigenvalue weighted by atomic mass is 32.2. The van der Waals surface area contributed by atoms with Crippen LogP contribution < -0.4 is 14.8 Å². The van der Waals surface area contributed by atoms with Crippen molar-refractivity contribution in [1.82, 2.24) is 14.9 Å². The van der Waals surface area contributed by atoms with Crippen LogP contribution in [0.15, 0.2) is 47.4 Å². The van der Waals surface area contributed by atoms with E-state index in [1.165, 1.54) is 44.9 Å². The summed E-state index contributed by atoms with van der Waals surface area (Å²) in [4.78, 5) is 12.3. The van der Waals surface area contributed by atoms with E-state index in [-0.39, 0.29) is 23.0 Å². The molecule has 2 N–H and O–H groups in total. The SMILES string of the molecule is CCc1c2nc(nc1-c1c(C)cccc1C)NS(=O)(=O)c1cccc(c1)N[C@@H]1CN(C3CC4(CCCCC4)C3)C[C@H]1O2. The molecule has 222 valence electrons. The second kappa shape index (κ2) is 10.5. The maximum Gasteiger partial charge on any atom is 0.264 e. The molecular formula is C33H41N5O3S. The number of aryl methyl sites for hydroxylation is 2. The Morgan fingerprint density at radius 2 is 1.74 bits per heavy atom. The predicted molar refractivity (Wildman–Crippen MR) is 166 cm³/mol. The zero-order chi connectivity index (χ0) is 29.1. The Balaban J connectivity index is 1.30. The van der Waals surface area contributed by atoms with E-state index in [0.29, 0.717) is 23.8 Å². The van der Waals surface area contributed by atoms with Gasteiger partial charge in [0.2, 0.25) is 11.8 Å². The van der Waals surface area contributed by atoms with Crippen LogP contribution >= 0.6 is 0 Å². The van der Waals surface area contributed by atoms with Crippen molar-refractivity contribution in [2.24, 2.45) is 5.41 Å². The van der Waals surface area contributed by atoms with Gasteiger partial charge in [-0.15, -0.1) is 0 Å². The Labute approximate surface area is 249 Å². The highest BCUT2D eigenvalue weighted by Gasteiger charge is 2.49. The maximum atomic E-state index is 13.5. The average Bonchev–Trinajstić information content (AvgIpc) is 3.33. The molecule has 0 radical (unpaired) electrons. The van der Waals surface area contributed by atoms with Gasteiger partial charge in [0.15, 0.2) is 0 Å². The zero-order valence-corrected chi connectivity index (χ0v) is 25.6. The minimum atomic E-state index is -3.92. The van der Waals surface area contributed by atoms with Crippen molar-refractivity contribution in [1.29, 1.82) is 0 Å². The number of ether oxygens (including phenoxy) is 1. The molecule has 0 unspecified atom stereocenters. The fourth-order valence-corrected chi connectivity index (χ4v) is 8.87. The van der Waals surface area contributed by atoms with Crippen LogP contribution in [-0.4, -0.2) is 54.6 Å². The summed E-state index contributed by atoms with van der Waals surface area (Å²) < 4.78 is 36.5. The third kappa shape index (κ3) is 4.94. The highest BCUT2D eigenvalue weighted by Crippen LogP contribution is 2.53. The smallest absolute Gasteiger partial charge is 0.264 e. The molecule has 3 aromatic rings. The van der Waals surface area contributed by atoms with Gasteiger partial charge in [-0.05, 0) is 80.7 Å². The first kappa shape index (κ1) is 27.7. The van der Waals surface area contributed by atoms with Crippen LogP contribution in [0.3, 0.4) is 0 Å². The number of benzene rings is 2. The molecule has 8 nitrogen and oxygen atoms in total. The minimum Gasteiger partial charge on any atom is -0.470 e. The molecule has 2 aliphatic heterocycles. The second-order valence-corrected chi connectivity index (χ2v) is 14.6.